The molecule has 3 amide bonds. The molecule has 0 heterocycles. The van der Waals surface area contributed by atoms with Crippen molar-refractivity contribution in [1.29, 1.82) is 0 Å². The molecule has 0 bridgehead atoms. The minimum Gasteiger partial charge on any atom is -0.355 e. The van der Waals surface area contributed by atoms with E-state index in [0.29, 0.717) is 16.3 Å². The van der Waals surface area contributed by atoms with Crippen LogP contribution in [0.5, 0.6) is 0 Å². The Morgan fingerprint density at radius 2 is 1.62 bits per heavy atom. The van der Waals surface area contributed by atoms with Gasteiger partial charge in [0.15, 0.2) is 0 Å². The molecule has 3 N–H and O–H groups in total. The lowest BCUT2D eigenvalue weighted by Gasteiger charge is -2.18. The van der Waals surface area contributed by atoms with Gasteiger partial charge in [-0.3, -0.25) is 14.4 Å². The molecule has 0 aliphatic heterocycles. The minimum atomic E-state index is -0.463. The number of rotatable bonds is 6. The molecule has 0 aromatic heterocycles. The number of amides is 3. The standard InChI is InChI=1S/C19H20ClN3O3/c1-12(24)22-17(13-3-7-15(20)8-4-13)11-18(25)23-16-9-5-14(6-10-16)19(26)21-2/h3-10,17H,11H2,1-2H3,(H,21,26)(H,22,24)(H,23,25). The largest absolute Gasteiger partial charge is 0.355 e. The Bertz CT molecular complexity index is 789. The molecule has 136 valence electrons. The second-order valence-electron chi connectivity index (χ2n) is 5.71. The number of halogens is 1. The molecule has 2 aromatic rings. The van der Waals surface area contributed by atoms with Gasteiger partial charge in [0.1, 0.15) is 0 Å². The highest BCUT2D eigenvalue weighted by Crippen LogP contribution is 2.20. The van der Waals surface area contributed by atoms with E-state index in [-0.39, 0.29) is 24.1 Å². The summed E-state index contributed by atoms with van der Waals surface area (Å²) in [5, 5.41) is 8.64. The van der Waals surface area contributed by atoms with Gasteiger partial charge in [0.2, 0.25) is 11.8 Å². The fraction of sp³-hybridized carbons (Fsp3) is 0.211. The Morgan fingerprint density at radius 3 is 2.15 bits per heavy atom. The highest BCUT2D eigenvalue weighted by atomic mass is 35.5. The Kier molecular flexibility index (Phi) is 6.74. The number of nitrogens with one attached hydrogen (secondary N) is 3. The number of hydrogen-bond donors (Lipinski definition) is 3. The molecule has 1 unspecified atom stereocenters. The summed E-state index contributed by atoms with van der Waals surface area (Å²) in [6, 6.07) is 13.1. The van der Waals surface area contributed by atoms with Crippen LogP contribution >= 0.6 is 11.6 Å². The summed E-state index contributed by atoms with van der Waals surface area (Å²) >= 11 is 5.89. The summed E-state index contributed by atoms with van der Waals surface area (Å²) in [6.07, 6.45) is 0.0679. The lowest BCUT2D eigenvalue weighted by atomic mass is 10.0. The fourth-order valence-electron chi connectivity index (χ4n) is 2.44. The SMILES string of the molecule is CNC(=O)c1ccc(NC(=O)CC(NC(C)=O)c2ccc(Cl)cc2)cc1. The number of hydrogen-bond acceptors (Lipinski definition) is 3. The Labute approximate surface area is 156 Å². The van der Waals surface area contributed by atoms with Crippen molar-refractivity contribution in [3.05, 3.63) is 64.7 Å². The molecule has 2 rings (SSSR count). The Hall–Kier alpha value is -2.86. The van der Waals surface area contributed by atoms with Crippen molar-refractivity contribution >= 4 is 35.0 Å². The zero-order chi connectivity index (χ0) is 19.1. The van der Waals surface area contributed by atoms with E-state index in [4.69, 9.17) is 11.6 Å². The average Bonchev–Trinajstić information content (AvgIpc) is 2.61. The van der Waals surface area contributed by atoms with Crippen LogP contribution in [0, 0.1) is 0 Å². The first kappa shape index (κ1) is 19.5. The molecule has 6 nitrogen and oxygen atoms in total. The van der Waals surface area contributed by atoms with Crippen molar-refractivity contribution < 1.29 is 14.4 Å². The summed E-state index contributed by atoms with van der Waals surface area (Å²) in [4.78, 5) is 35.3. The van der Waals surface area contributed by atoms with Crippen molar-refractivity contribution in [1.82, 2.24) is 10.6 Å². The Morgan fingerprint density at radius 1 is 1.00 bits per heavy atom. The number of anilines is 1. The van der Waals surface area contributed by atoms with Crippen molar-refractivity contribution in [3.8, 4) is 0 Å². The molecule has 0 saturated carbocycles. The summed E-state index contributed by atoms with van der Waals surface area (Å²) < 4.78 is 0. The smallest absolute Gasteiger partial charge is 0.251 e. The second kappa shape index (κ2) is 9.01. The topological polar surface area (TPSA) is 87.3 Å². The van der Waals surface area contributed by atoms with E-state index < -0.39 is 6.04 Å². The van der Waals surface area contributed by atoms with E-state index in [9.17, 15) is 14.4 Å². The van der Waals surface area contributed by atoms with Crippen LogP contribution in [0.3, 0.4) is 0 Å². The van der Waals surface area contributed by atoms with Crippen molar-refractivity contribution in [2.45, 2.75) is 19.4 Å². The second-order valence-corrected chi connectivity index (χ2v) is 6.15. The molecule has 2 aromatic carbocycles. The van der Waals surface area contributed by atoms with Crippen LogP contribution in [0.15, 0.2) is 48.5 Å². The maximum atomic E-state index is 12.4. The predicted octanol–water partition coefficient (Wildman–Crippen LogP) is 2.91. The Balaban J connectivity index is 2.05. The molecule has 0 aliphatic carbocycles. The zero-order valence-corrected chi connectivity index (χ0v) is 15.3. The van der Waals surface area contributed by atoms with E-state index in [1.54, 1.807) is 55.6 Å². The number of carbonyl (C=O) groups excluding carboxylic acids is 3. The summed E-state index contributed by atoms with van der Waals surface area (Å²) in [7, 11) is 1.55. The van der Waals surface area contributed by atoms with Crippen LogP contribution < -0.4 is 16.0 Å². The first-order valence-electron chi connectivity index (χ1n) is 8.03. The molecule has 0 aliphatic rings. The van der Waals surface area contributed by atoms with Gasteiger partial charge in [0.25, 0.3) is 5.91 Å². The van der Waals surface area contributed by atoms with Crippen LogP contribution in [-0.2, 0) is 9.59 Å². The van der Waals surface area contributed by atoms with Crippen molar-refractivity contribution in [3.63, 3.8) is 0 Å². The van der Waals surface area contributed by atoms with Gasteiger partial charge in [-0.2, -0.15) is 0 Å². The van der Waals surface area contributed by atoms with Crippen LogP contribution in [0.25, 0.3) is 0 Å². The first-order chi connectivity index (χ1) is 12.4. The van der Waals surface area contributed by atoms with Gasteiger partial charge >= 0.3 is 0 Å². The third-order valence-electron chi connectivity index (χ3n) is 3.70. The summed E-state index contributed by atoms with van der Waals surface area (Å²) in [5.74, 6) is -0.685. The quantitative estimate of drug-likeness (QED) is 0.727. The van der Waals surface area contributed by atoms with Gasteiger partial charge in [0.05, 0.1) is 12.5 Å². The third kappa shape index (κ3) is 5.60. The van der Waals surface area contributed by atoms with E-state index in [1.165, 1.54) is 6.92 Å². The lowest BCUT2D eigenvalue weighted by molar-refractivity contribution is -0.120. The number of carbonyl (C=O) groups is 3. The van der Waals surface area contributed by atoms with Gasteiger partial charge in [-0.15, -0.1) is 0 Å². The average molecular weight is 374 g/mol. The number of benzene rings is 2. The van der Waals surface area contributed by atoms with Crippen molar-refractivity contribution in [2.24, 2.45) is 0 Å². The highest BCUT2D eigenvalue weighted by Gasteiger charge is 2.17. The van der Waals surface area contributed by atoms with E-state index in [1.807, 2.05) is 0 Å². The van der Waals surface area contributed by atoms with Crippen LogP contribution in [0.1, 0.15) is 35.3 Å². The van der Waals surface area contributed by atoms with Gasteiger partial charge in [0, 0.05) is 30.2 Å². The van der Waals surface area contributed by atoms with Gasteiger partial charge < -0.3 is 16.0 Å². The maximum absolute atomic E-state index is 12.4. The van der Waals surface area contributed by atoms with E-state index in [2.05, 4.69) is 16.0 Å². The molecule has 0 spiro atoms. The zero-order valence-electron chi connectivity index (χ0n) is 14.5. The predicted molar refractivity (Wildman–Crippen MR) is 101 cm³/mol. The molecule has 7 heteroatoms. The molecule has 0 radical (unpaired) electrons. The normalized spacial score (nSPS) is 11.3. The van der Waals surface area contributed by atoms with Crippen LogP contribution in [0.4, 0.5) is 5.69 Å². The molecule has 26 heavy (non-hydrogen) atoms. The summed E-state index contributed by atoms with van der Waals surface area (Å²) in [6.45, 7) is 1.40. The fourth-order valence-corrected chi connectivity index (χ4v) is 2.57. The van der Waals surface area contributed by atoms with Gasteiger partial charge in [-0.05, 0) is 42.0 Å². The van der Waals surface area contributed by atoms with E-state index >= 15 is 0 Å². The lowest BCUT2D eigenvalue weighted by Crippen LogP contribution is -2.29. The van der Waals surface area contributed by atoms with Gasteiger partial charge in [-0.1, -0.05) is 23.7 Å². The van der Waals surface area contributed by atoms with Crippen LogP contribution in [-0.4, -0.2) is 24.8 Å². The molecule has 1 atom stereocenters. The molecular weight excluding hydrogens is 354 g/mol. The third-order valence-corrected chi connectivity index (χ3v) is 3.95. The van der Waals surface area contributed by atoms with Crippen LogP contribution in [0.2, 0.25) is 5.02 Å². The summed E-state index contributed by atoms with van der Waals surface area (Å²) in [5.41, 5.74) is 1.86. The van der Waals surface area contributed by atoms with Gasteiger partial charge in [-0.25, -0.2) is 0 Å². The monoisotopic (exact) mass is 373 g/mol. The first-order valence-corrected chi connectivity index (χ1v) is 8.41. The molecule has 0 fully saturated rings. The minimum absolute atomic E-state index is 0.0679. The maximum Gasteiger partial charge on any atom is 0.251 e. The molecular formula is C19H20ClN3O3. The molecule has 0 saturated heterocycles. The van der Waals surface area contributed by atoms with Crippen molar-refractivity contribution in [2.75, 3.05) is 12.4 Å². The van der Waals surface area contributed by atoms with E-state index in [0.717, 1.165) is 5.56 Å². The highest BCUT2D eigenvalue weighted by molar-refractivity contribution is 6.30.